The van der Waals surface area contributed by atoms with E-state index in [1.54, 1.807) is 0 Å². The van der Waals surface area contributed by atoms with Crippen molar-refractivity contribution in [3.63, 3.8) is 0 Å². The summed E-state index contributed by atoms with van der Waals surface area (Å²) in [6.45, 7) is 0. The molecule has 1 saturated carbocycles. The smallest absolute Gasteiger partial charge is 0.330 e. The zero-order valence-corrected chi connectivity index (χ0v) is 11.1. The second kappa shape index (κ2) is 6.72. The summed E-state index contributed by atoms with van der Waals surface area (Å²) >= 11 is 0. The second-order valence-electron chi connectivity index (χ2n) is 4.01. The van der Waals surface area contributed by atoms with Crippen LogP contribution in [0.25, 0.3) is 0 Å². The summed E-state index contributed by atoms with van der Waals surface area (Å²) in [4.78, 5) is 34.0. The minimum Gasteiger partial charge on any atom is -0.469 e. The molecule has 0 saturated heterocycles. The Labute approximate surface area is 111 Å². The molecular weight excluding hydrogens is 252 g/mol. The fraction of sp³-hybridized carbons (Fsp3) is 0.462. The van der Waals surface area contributed by atoms with Crippen LogP contribution in [0.2, 0.25) is 0 Å². The van der Waals surface area contributed by atoms with E-state index >= 15 is 0 Å². The summed E-state index contributed by atoms with van der Waals surface area (Å²) in [6.07, 6.45) is 3.23. The van der Waals surface area contributed by atoms with Gasteiger partial charge >= 0.3 is 17.9 Å². The highest BCUT2D eigenvalue weighted by molar-refractivity contribution is 5.88. The lowest BCUT2D eigenvalue weighted by atomic mass is 10.1. The lowest BCUT2D eigenvalue weighted by molar-refractivity contribution is -0.145. The Balaban J connectivity index is 3.00. The van der Waals surface area contributed by atoms with Crippen LogP contribution in [-0.2, 0) is 28.6 Å². The number of hydrogen-bond donors (Lipinski definition) is 0. The Kier molecular flexibility index (Phi) is 5.29. The van der Waals surface area contributed by atoms with Crippen molar-refractivity contribution >= 4 is 17.9 Å². The number of methoxy groups -OCH3 is 3. The first-order chi connectivity index (χ1) is 9.01. The van der Waals surface area contributed by atoms with Crippen LogP contribution in [0.15, 0.2) is 23.3 Å². The molecule has 1 aliphatic rings. The van der Waals surface area contributed by atoms with E-state index in [4.69, 9.17) is 0 Å². The molecule has 0 aliphatic heterocycles. The maximum absolute atomic E-state index is 11.5. The highest BCUT2D eigenvalue weighted by Crippen LogP contribution is 2.36. The van der Waals surface area contributed by atoms with Gasteiger partial charge in [-0.1, -0.05) is 0 Å². The van der Waals surface area contributed by atoms with Gasteiger partial charge in [0.05, 0.1) is 27.2 Å². The van der Waals surface area contributed by atoms with Crippen LogP contribution >= 0.6 is 0 Å². The lowest BCUT2D eigenvalue weighted by Crippen LogP contribution is -2.12. The Hall–Kier alpha value is -2.11. The first-order valence-electron chi connectivity index (χ1n) is 5.67. The molecule has 0 N–H and O–H groups in total. The van der Waals surface area contributed by atoms with Crippen molar-refractivity contribution < 1.29 is 28.6 Å². The number of esters is 3. The summed E-state index contributed by atoms with van der Waals surface area (Å²) < 4.78 is 13.7. The molecule has 0 radical (unpaired) electrons. The molecule has 19 heavy (non-hydrogen) atoms. The zero-order valence-electron chi connectivity index (χ0n) is 11.1. The third kappa shape index (κ3) is 3.94. The number of allylic oxidation sites excluding steroid dienone is 2. The molecule has 0 spiro atoms. The highest BCUT2D eigenvalue weighted by Gasteiger charge is 2.31. The van der Waals surface area contributed by atoms with E-state index in [0.717, 1.165) is 0 Å². The molecule has 104 valence electrons. The Morgan fingerprint density at radius 3 is 1.63 bits per heavy atom. The third-order valence-corrected chi connectivity index (χ3v) is 2.87. The van der Waals surface area contributed by atoms with Crippen molar-refractivity contribution in [2.45, 2.75) is 12.8 Å². The molecule has 0 aromatic heterocycles. The van der Waals surface area contributed by atoms with Gasteiger partial charge in [0.1, 0.15) is 0 Å². The number of rotatable bonds is 3. The zero-order chi connectivity index (χ0) is 14.4. The predicted octanol–water partition coefficient (Wildman–Crippen LogP) is 0.768. The van der Waals surface area contributed by atoms with E-state index in [-0.39, 0.29) is 5.97 Å². The van der Waals surface area contributed by atoms with Crippen LogP contribution in [0.3, 0.4) is 0 Å². The van der Waals surface area contributed by atoms with Crippen LogP contribution < -0.4 is 0 Å². The normalized spacial score (nSPS) is 19.5. The quantitative estimate of drug-likeness (QED) is 0.427. The van der Waals surface area contributed by atoms with E-state index in [1.165, 1.54) is 33.5 Å². The van der Waals surface area contributed by atoms with Crippen molar-refractivity contribution in [3.8, 4) is 0 Å². The van der Waals surface area contributed by atoms with Crippen LogP contribution in [0.4, 0.5) is 0 Å². The van der Waals surface area contributed by atoms with Crippen molar-refractivity contribution in [3.05, 3.63) is 23.3 Å². The number of carbonyl (C=O) groups is 3. The standard InChI is InChI=1S/C13H16O6/c1-17-11(14)6-8-4-10(13(16)19-3)5-9(8)7-12(15)18-2/h6-7,10H,4-5H2,1-3H3/b8-6+,9-7+. The van der Waals surface area contributed by atoms with Crippen molar-refractivity contribution in [2.24, 2.45) is 5.92 Å². The molecule has 0 unspecified atom stereocenters. The number of carbonyl (C=O) groups excluding carboxylic acids is 3. The van der Waals surface area contributed by atoms with Gasteiger partial charge in [0, 0.05) is 12.2 Å². The molecule has 0 amide bonds. The monoisotopic (exact) mass is 268 g/mol. The van der Waals surface area contributed by atoms with Gasteiger partial charge in [0.25, 0.3) is 0 Å². The van der Waals surface area contributed by atoms with E-state index in [1.807, 2.05) is 0 Å². The summed E-state index contributed by atoms with van der Waals surface area (Å²) in [5, 5.41) is 0. The Morgan fingerprint density at radius 1 is 0.895 bits per heavy atom. The molecular formula is C13H16O6. The second-order valence-corrected chi connectivity index (χ2v) is 4.01. The van der Waals surface area contributed by atoms with Crippen molar-refractivity contribution in [1.82, 2.24) is 0 Å². The van der Waals surface area contributed by atoms with Crippen LogP contribution in [0.5, 0.6) is 0 Å². The average Bonchev–Trinajstić information content (AvgIpc) is 2.80. The summed E-state index contributed by atoms with van der Waals surface area (Å²) in [5.74, 6) is -1.83. The van der Waals surface area contributed by atoms with E-state index in [2.05, 4.69) is 14.2 Å². The fourth-order valence-corrected chi connectivity index (χ4v) is 1.90. The largest absolute Gasteiger partial charge is 0.469 e. The van der Waals surface area contributed by atoms with E-state index in [9.17, 15) is 14.4 Å². The summed E-state index contributed by atoms with van der Waals surface area (Å²) in [5.41, 5.74) is 1.18. The minimum atomic E-state index is -0.531. The maximum Gasteiger partial charge on any atom is 0.330 e. The van der Waals surface area contributed by atoms with Crippen LogP contribution in [0, 0.1) is 5.92 Å². The molecule has 6 heteroatoms. The molecule has 1 fully saturated rings. The van der Waals surface area contributed by atoms with Gasteiger partial charge in [-0.15, -0.1) is 0 Å². The van der Waals surface area contributed by atoms with Gasteiger partial charge in [0.15, 0.2) is 0 Å². The first kappa shape index (κ1) is 14.9. The van der Waals surface area contributed by atoms with Gasteiger partial charge in [-0.3, -0.25) is 4.79 Å². The van der Waals surface area contributed by atoms with Crippen molar-refractivity contribution in [2.75, 3.05) is 21.3 Å². The molecule has 0 aromatic rings. The molecule has 0 heterocycles. The fourth-order valence-electron chi connectivity index (χ4n) is 1.90. The Morgan fingerprint density at radius 2 is 1.32 bits per heavy atom. The van der Waals surface area contributed by atoms with Crippen LogP contribution in [0.1, 0.15) is 12.8 Å². The maximum atomic E-state index is 11.5. The molecule has 1 aliphatic carbocycles. The minimum absolute atomic E-state index is 0.338. The van der Waals surface area contributed by atoms with E-state index < -0.39 is 17.9 Å². The SMILES string of the molecule is COC(=O)/C=C1\CC(C(=O)OC)C\C1=C/C(=O)OC. The van der Waals surface area contributed by atoms with Gasteiger partial charge < -0.3 is 14.2 Å². The highest BCUT2D eigenvalue weighted by atomic mass is 16.5. The third-order valence-electron chi connectivity index (χ3n) is 2.87. The topological polar surface area (TPSA) is 78.9 Å². The lowest BCUT2D eigenvalue weighted by Gasteiger charge is -2.03. The van der Waals surface area contributed by atoms with Gasteiger partial charge in [-0.2, -0.15) is 0 Å². The first-order valence-corrected chi connectivity index (χ1v) is 5.67. The molecule has 6 nitrogen and oxygen atoms in total. The number of hydrogen-bond acceptors (Lipinski definition) is 6. The predicted molar refractivity (Wildman–Crippen MR) is 64.9 cm³/mol. The van der Waals surface area contributed by atoms with Gasteiger partial charge in [-0.25, -0.2) is 9.59 Å². The molecule has 0 bridgehead atoms. The van der Waals surface area contributed by atoms with Crippen molar-refractivity contribution in [1.29, 1.82) is 0 Å². The molecule has 0 aromatic carbocycles. The molecule has 1 rings (SSSR count). The van der Waals surface area contributed by atoms with Crippen LogP contribution in [-0.4, -0.2) is 39.2 Å². The van der Waals surface area contributed by atoms with Gasteiger partial charge in [-0.05, 0) is 24.0 Å². The van der Waals surface area contributed by atoms with Gasteiger partial charge in [0.2, 0.25) is 0 Å². The molecule has 0 atom stereocenters. The average molecular weight is 268 g/mol. The number of ether oxygens (including phenoxy) is 3. The summed E-state index contributed by atoms with van der Waals surface area (Å²) in [6, 6.07) is 0. The summed E-state index contributed by atoms with van der Waals surface area (Å²) in [7, 11) is 3.82. The Bertz CT molecular complexity index is 412. The van der Waals surface area contributed by atoms with E-state index in [0.29, 0.717) is 24.0 Å².